The Morgan fingerprint density at radius 3 is 2.74 bits per heavy atom. The molecule has 1 aliphatic rings. The molecule has 3 aromatic rings. The minimum atomic E-state index is -1.07. The van der Waals surface area contributed by atoms with Crippen LogP contribution in [0.3, 0.4) is 0 Å². The van der Waals surface area contributed by atoms with Crippen LogP contribution in [0.25, 0.3) is 20.9 Å². The van der Waals surface area contributed by atoms with Crippen molar-refractivity contribution < 1.29 is 14.3 Å². The first kappa shape index (κ1) is 14.7. The van der Waals surface area contributed by atoms with E-state index in [-0.39, 0.29) is 11.5 Å². The molecule has 0 aliphatic heterocycles. The van der Waals surface area contributed by atoms with Gasteiger partial charge in [-0.05, 0) is 48.6 Å². The highest BCUT2D eigenvalue weighted by atomic mass is 79.9. The topological polar surface area (TPSA) is 63.1 Å². The van der Waals surface area contributed by atoms with Gasteiger partial charge in [0, 0.05) is 10.0 Å². The van der Waals surface area contributed by atoms with Crippen molar-refractivity contribution in [3.63, 3.8) is 0 Å². The van der Waals surface area contributed by atoms with E-state index in [2.05, 4.69) is 25.9 Å². The Morgan fingerprint density at radius 1 is 1.30 bits per heavy atom. The molecule has 4 nitrogen and oxygen atoms in total. The molecule has 1 N–H and O–H groups in total. The number of halogens is 2. The molecule has 0 atom stereocenters. The molecular formula is C16H10BrFN2O2S. The number of fused-ring (bicyclic) bond motifs is 1. The number of carbonyl (C=O) groups is 1. The quantitative estimate of drug-likeness (QED) is 0.692. The van der Waals surface area contributed by atoms with E-state index in [1.807, 2.05) is 0 Å². The highest BCUT2D eigenvalue weighted by Crippen LogP contribution is 2.45. The van der Waals surface area contributed by atoms with Crippen molar-refractivity contribution in [1.29, 1.82) is 0 Å². The van der Waals surface area contributed by atoms with Crippen LogP contribution in [-0.4, -0.2) is 21.0 Å². The van der Waals surface area contributed by atoms with Crippen LogP contribution < -0.4 is 0 Å². The van der Waals surface area contributed by atoms with Gasteiger partial charge in [0.15, 0.2) is 11.3 Å². The molecule has 23 heavy (non-hydrogen) atoms. The molecule has 116 valence electrons. The molecule has 0 radical (unpaired) electrons. The van der Waals surface area contributed by atoms with E-state index >= 15 is 0 Å². The highest BCUT2D eigenvalue weighted by molar-refractivity contribution is 9.10. The number of rotatable bonds is 3. The van der Waals surface area contributed by atoms with Gasteiger partial charge in [-0.25, -0.2) is 19.2 Å². The Morgan fingerprint density at radius 2 is 2.09 bits per heavy atom. The van der Waals surface area contributed by atoms with Gasteiger partial charge >= 0.3 is 5.97 Å². The fourth-order valence-corrected chi connectivity index (χ4v) is 3.98. The summed E-state index contributed by atoms with van der Waals surface area (Å²) in [5, 5.41) is 9.73. The zero-order valence-electron chi connectivity index (χ0n) is 11.7. The van der Waals surface area contributed by atoms with E-state index in [1.165, 1.54) is 17.4 Å². The van der Waals surface area contributed by atoms with Crippen LogP contribution in [0, 0.1) is 5.82 Å². The number of hydrogen-bond acceptors (Lipinski definition) is 4. The second-order valence-electron chi connectivity index (χ2n) is 5.47. The summed E-state index contributed by atoms with van der Waals surface area (Å²) in [6.45, 7) is 0. The van der Waals surface area contributed by atoms with E-state index in [0.29, 0.717) is 26.6 Å². The minimum absolute atomic E-state index is 0.00692. The molecule has 0 saturated heterocycles. The number of aromatic carboxylic acids is 1. The van der Waals surface area contributed by atoms with E-state index < -0.39 is 5.97 Å². The minimum Gasteiger partial charge on any atom is -0.477 e. The molecule has 0 spiro atoms. The summed E-state index contributed by atoms with van der Waals surface area (Å²) in [6, 6.07) is 6.43. The second-order valence-corrected chi connectivity index (χ2v) is 7.39. The third-order valence-electron chi connectivity index (χ3n) is 3.79. The van der Waals surface area contributed by atoms with E-state index in [1.54, 1.807) is 18.2 Å². The van der Waals surface area contributed by atoms with Gasteiger partial charge < -0.3 is 5.11 Å². The second kappa shape index (κ2) is 5.35. The number of thiazole rings is 1. The van der Waals surface area contributed by atoms with Crippen LogP contribution in [0.5, 0.6) is 0 Å². The van der Waals surface area contributed by atoms with Gasteiger partial charge in [-0.1, -0.05) is 15.9 Å². The van der Waals surface area contributed by atoms with Crippen LogP contribution in [0.15, 0.2) is 28.7 Å². The lowest BCUT2D eigenvalue weighted by Crippen LogP contribution is -2.01. The monoisotopic (exact) mass is 392 g/mol. The van der Waals surface area contributed by atoms with Gasteiger partial charge in [-0.3, -0.25) is 0 Å². The van der Waals surface area contributed by atoms with Gasteiger partial charge in [0.2, 0.25) is 0 Å². The van der Waals surface area contributed by atoms with Crippen LogP contribution >= 0.6 is 27.3 Å². The Balaban J connectivity index is 1.93. The van der Waals surface area contributed by atoms with Gasteiger partial charge in [-0.2, -0.15) is 0 Å². The molecule has 2 heterocycles. The summed E-state index contributed by atoms with van der Waals surface area (Å²) in [4.78, 5) is 19.7. The van der Waals surface area contributed by atoms with Gasteiger partial charge in [0.1, 0.15) is 10.8 Å². The Labute approximate surface area is 143 Å². The number of carboxylic acid groups (broad SMARTS) is 1. The average molecular weight is 393 g/mol. The van der Waals surface area contributed by atoms with Crippen LogP contribution in [-0.2, 0) is 0 Å². The first-order chi connectivity index (χ1) is 11.0. The van der Waals surface area contributed by atoms with E-state index in [0.717, 1.165) is 23.1 Å². The first-order valence-electron chi connectivity index (χ1n) is 7.03. The summed E-state index contributed by atoms with van der Waals surface area (Å²) >= 11 is 4.60. The number of benzene rings is 1. The summed E-state index contributed by atoms with van der Waals surface area (Å²) in [5.41, 5.74) is 1.74. The molecule has 4 rings (SSSR count). The molecule has 1 saturated carbocycles. The van der Waals surface area contributed by atoms with Crippen molar-refractivity contribution >= 4 is 43.6 Å². The molecule has 0 unspecified atom stereocenters. The molecule has 1 aromatic carbocycles. The standard InChI is InChI=1S/C16H10BrFN2O2S/c17-8-3-4-9(11(18)5-8)15-20-14-13(23-15)10(7-1-2-7)6-12(19-14)16(21)22/h3-7H,1-2H2,(H,21,22). The van der Waals surface area contributed by atoms with Crippen LogP contribution in [0.2, 0.25) is 0 Å². The predicted octanol–water partition coefficient (Wildman–Crippen LogP) is 4.84. The summed E-state index contributed by atoms with van der Waals surface area (Å²) < 4.78 is 15.7. The van der Waals surface area contributed by atoms with Crippen molar-refractivity contribution in [3.05, 3.63) is 45.8 Å². The smallest absolute Gasteiger partial charge is 0.354 e. The number of pyridine rings is 1. The van der Waals surface area contributed by atoms with Crippen molar-refractivity contribution in [2.75, 3.05) is 0 Å². The first-order valence-corrected chi connectivity index (χ1v) is 8.64. The van der Waals surface area contributed by atoms with Gasteiger partial charge in [0.25, 0.3) is 0 Å². The van der Waals surface area contributed by atoms with Crippen molar-refractivity contribution in [1.82, 2.24) is 9.97 Å². The number of nitrogens with zero attached hydrogens (tertiary/aromatic N) is 2. The summed E-state index contributed by atoms with van der Waals surface area (Å²) in [5.74, 6) is -1.08. The molecule has 2 aromatic heterocycles. The third kappa shape index (κ3) is 2.64. The van der Waals surface area contributed by atoms with E-state index in [4.69, 9.17) is 0 Å². The number of aromatic nitrogens is 2. The lowest BCUT2D eigenvalue weighted by Gasteiger charge is -2.01. The zero-order chi connectivity index (χ0) is 16.1. The molecule has 1 aliphatic carbocycles. The average Bonchev–Trinajstić information content (AvgIpc) is 3.25. The maximum absolute atomic E-state index is 14.2. The Hall–Kier alpha value is -1.86. The summed E-state index contributed by atoms with van der Waals surface area (Å²) in [6.07, 6.45) is 2.08. The lowest BCUT2D eigenvalue weighted by molar-refractivity contribution is 0.0690. The highest BCUT2D eigenvalue weighted by Gasteiger charge is 2.29. The predicted molar refractivity (Wildman–Crippen MR) is 89.4 cm³/mol. The number of carboxylic acids is 1. The molecule has 0 amide bonds. The van der Waals surface area contributed by atoms with E-state index in [9.17, 15) is 14.3 Å². The number of hydrogen-bond donors (Lipinski definition) is 1. The van der Waals surface area contributed by atoms with Crippen LogP contribution in [0.1, 0.15) is 34.8 Å². The normalized spacial score (nSPS) is 14.3. The zero-order valence-corrected chi connectivity index (χ0v) is 14.1. The Bertz CT molecular complexity index is 953. The largest absolute Gasteiger partial charge is 0.477 e. The third-order valence-corrected chi connectivity index (χ3v) is 5.41. The molecule has 7 heteroatoms. The van der Waals surface area contributed by atoms with Gasteiger partial charge in [0.05, 0.1) is 4.70 Å². The lowest BCUT2D eigenvalue weighted by atomic mass is 10.1. The SMILES string of the molecule is O=C(O)c1cc(C2CC2)c2sc(-c3ccc(Br)cc3F)nc2n1. The summed E-state index contributed by atoms with van der Waals surface area (Å²) in [7, 11) is 0. The molecule has 1 fully saturated rings. The Kier molecular flexibility index (Phi) is 3.42. The fourth-order valence-electron chi connectivity index (χ4n) is 2.52. The van der Waals surface area contributed by atoms with Crippen molar-refractivity contribution in [3.8, 4) is 10.6 Å². The molecule has 0 bridgehead atoms. The fraction of sp³-hybridized carbons (Fsp3) is 0.188. The maximum Gasteiger partial charge on any atom is 0.354 e. The van der Waals surface area contributed by atoms with Crippen LogP contribution in [0.4, 0.5) is 4.39 Å². The molecular weight excluding hydrogens is 383 g/mol. The van der Waals surface area contributed by atoms with Crippen molar-refractivity contribution in [2.45, 2.75) is 18.8 Å². The van der Waals surface area contributed by atoms with Gasteiger partial charge in [-0.15, -0.1) is 11.3 Å². The maximum atomic E-state index is 14.2. The van der Waals surface area contributed by atoms with Crippen molar-refractivity contribution in [2.24, 2.45) is 0 Å².